The molecular weight excluding hydrogens is 190 g/mol. The first kappa shape index (κ1) is 12.7. The van der Waals surface area contributed by atoms with E-state index in [1.165, 1.54) is 6.42 Å². The molecule has 0 heterocycles. The predicted molar refractivity (Wildman–Crippen MR) is 61.0 cm³/mol. The van der Waals surface area contributed by atoms with Gasteiger partial charge in [0, 0.05) is 32.6 Å². The Kier molecular flexibility index (Phi) is 5.88. The van der Waals surface area contributed by atoms with Gasteiger partial charge in [-0.1, -0.05) is 0 Å². The number of hydrogen-bond donors (Lipinski definition) is 0. The van der Waals surface area contributed by atoms with Gasteiger partial charge < -0.3 is 9.64 Å². The lowest BCUT2D eigenvalue weighted by Gasteiger charge is -2.30. The topological polar surface area (TPSA) is 29.5 Å². The number of rotatable bonds is 6. The Morgan fingerprint density at radius 1 is 1.33 bits per heavy atom. The minimum atomic E-state index is 0.444. The number of ether oxygens (including phenoxy) is 1. The summed E-state index contributed by atoms with van der Waals surface area (Å²) in [6, 6.07) is 0.630. The van der Waals surface area contributed by atoms with Crippen LogP contribution in [0.25, 0.3) is 0 Å². The highest BCUT2D eigenvalue weighted by Gasteiger charge is 2.21. The number of unbranched alkanes of at least 4 members (excludes halogenated alkanes) is 1. The number of carbonyl (C=O) groups excluding carboxylic acids is 1. The number of nitrogens with zero attached hydrogens (tertiary/aromatic N) is 1. The fraction of sp³-hybridized carbons (Fsp3) is 0.917. The van der Waals surface area contributed by atoms with Crippen LogP contribution >= 0.6 is 0 Å². The molecule has 0 aromatic carbocycles. The molecule has 0 amide bonds. The van der Waals surface area contributed by atoms with Gasteiger partial charge >= 0.3 is 0 Å². The Morgan fingerprint density at radius 3 is 2.60 bits per heavy atom. The van der Waals surface area contributed by atoms with E-state index < -0.39 is 0 Å². The Morgan fingerprint density at radius 2 is 2.00 bits per heavy atom. The third-order valence-electron chi connectivity index (χ3n) is 3.25. The van der Waals surface area contributed by atoms with Crippen LogP contribution in [0.15, 0.2) is 0 Å². The van der Waals surface area contributed by atoms with E-state index in [9.17, 15) is 4.79 Å². The van der Waals surface area contributed by atoms with Crippen molar-refractivity contribution in [2.45, 2.75) is 44.6 Å². The molecule has 15 heavy (non-hydrogen) atoms. The van der Waals surface area contributed by atoms with Crippen LogP contribution < -0.4 is 0 Å². The van der Waals surface area contributed by atoms with Gasteiger partial charge in [-0.25, -0.2) is 0 Å². The Bertz CT molecular complexity index is 184. The van der Waals surface area contributed by atoms with Crippen LogP contribution in [-0.4, -0.2) is 44.0 Å². The quantitative estimate of drug-likeness (QED) is 0.631. The maximum Gasteiger partial charge on any atom is 0.133 e. The summed E-state index contributed by atoms with van der Waals surface area (Å²) in [6.07, 6.45) is 6.00. The largest absolute Gasteiger partial charge is 0.385 e. The Hall–Kier alpha value is -0.410. The van der Waals surface area contributed by atoms with Gasteiger partial charge in [0.1, 0.15) is 5.78 Å². The van der Waals surface area contributed by atoms with Gasteiger partial charge in [-0.15, -0.1) is 0 Å². The molecule has 0 saturated heterocycles. The van der Waals surface area contributed by atoms with Gasteiger partial charge in [0.05, 0.1) is 0 Å². The van der Waals surface area contributed by atoms with E-state index in [2.05, 4.69) is 11.9 Å². The van der Waals surface area contributed by atoms with Gasteiger partial charge in [0.2, 0.25) is 0 Å². The second kappa shape index (κ2) is 6.96. The molecule has 0 radical (unpaired) electrons. The summed E-state index contributed by atoms with van der Waals surface area (Å²) in [5, 5.41) is 0. The molecule has 0 aliphatic heterocycles. The lowest BCUT2D eigenvalue weighted by atomic mass is 9.93. The summed E-state index contributed by atoms with van der Waals surface area (Å²) >= 11 is 0. The molecule has 1 aliphatic carbocycles. The van der Waals surface area contributed by atoms with E-state index in [0.717, 1.165) is 45.3 Å². The fourth-order valence-corrected chi connectivity index (χ4v) is 2.16. The van der Waals surface area contributed by atoms with Crippen LogP contribution in [0.4, 0.5) is 0 Å². The number of carbonyl (C=O) groups is 1. The van der Waals surface area contributed by atoms with Crippen molar-refractivity contribution >= 4 is 5.78 Å². The summed E-state index contributed by atoms with van der Waals surface area (Å²) in [7, 11) is 3.92. The monoisotopic (exact) mass is 213 g/mol. The molecule has 1 fully saturated rings. The van der Waals surface area contributed by atoms with Gasteiger partial charge in [0.15, 0.2) is 0 Å². The van der Waals surface area contributed by atoms with E-state index in [1.54, 1.807) is 7.11 Å². The normalized spacial score (nSPS) is 18.7. The van der Waals surface area contributed by atoms with Gasteiger partial charge in [-0.3, -0.25) is 4.79 Å². The van der Waals surface area contributed by atoms with E-state index >= 15 is 0 Å². The summed E-state index contributed by atoms with van der Waals surface area (Å²) in [5.41, 5.74) is 0. The maximum absolute atomic E-state index is 11.1. The number of ketones is 1. The predicted octanol–water partition coefficient (Wildman–Crippen LogP) is 1.86. The number of Topliss-reactive ketones (excluding diaryl/α,β-unsaturated/α-hetero) is 1. The van der Waals surface area contributed by atoms with Crippen molar-refractivity contribution in [1.82, 2.24) is 4.90 Å². The third-order valence-corrected chi connectivity index (χ3v) is 3.25. The van der Waals surface area contributed by atoms with E-state index in [1.807, 2.05) is 0 Å². The van der Waals surface area contributed by atoms with Gasteiger partial charge in [-0.05, 0) is 39.3 Å². The SMILES string of the molecule is COCCCCN(C)C1CCC(=O)CC1. The first-order chi connectivity index (χ1) is 7.24. The standard InChI is InChI=1S/C12H23NO2/c1-13(9-3-4-10-15-2)11-5-7-12(14)8-6-11/h11H,3-10H2,1-2H3. The molecule has 88 valence electrons. The molecule has 0 N–H and O–H groups in total. The second-order valence-corrected chi connectivity index (χ2v) is 4.45. The lowest BCUT2D eigenvalue weighted by Crippen LogP contribution is -2.35. The van der Waals surface area contributed by atoms with Crippen LogP contribution in [-0.2, 0) is 9.53 Å². The van der Waals surface area contributed by atoms with Crippen LogP contribution in [0.2, 0.25) is 0 Å². The number of hydrogen-bond acceptors (Lipinski definition) is 3. The molecule has 0 unspecified atom stereocenters. The molecule has 0 spiro atoms. The highest BCUT2D eigenvalue weighted by molar-refractivity contribution is 5.79. The maximum atomic E-state index is 11.1. The molecule has 1 saturated carbocycles. The molecule has 3 nitrogen and oxygen atoms in total. The zero-order chi connectivity index (χ0) is 11.1. The van der Waals surface area contributed by atoms with Gasteiger partial charge in [0.25, 0.3) is 0 Å². The summed E-state index contributed by atoms with van der Waals surface area (Å²) < 4.78 is 5.02. The molecule has 0 aromatic rings. The van der Waals surface area contributed by atoms with Crippen molar-refractivity contribution in [3.05, 3.63) is 0 Å². The zero-order valence-electron chi connectivity index (χ0n) is 10.00. The van der Waals surface area contributed by atoms with Crippen molar-refractivity contribution in [1.29, 1.82) is 0 Å². The minimum Gasteiger partial charge on any atom is -0.385 e. The summed E-state index contributed by atoms with van der Waals surface area (Å²) in [4.78, 5) is 13.5. The molecule has 0 atom stereocenters. The second-order valence-electron chi connectivity index (χ2n) is 4.45. The van der Waals surface area contributed by atoms with Crippen LogP contribution in [0.1, 0.15) is 38.5 Å². The van der Waals surface area contributed by atoms with Gasteiger partial charge in [-0.2, -0.15) is 0 Å². The average Bonchev–Trinajstić information content (AvgIpc) is 2.25. The van der Waals surface area contributed by atoms with Crippen molar-refractivity contribution in [3.63, 3.8) is 0 Å². The van der Waals surface area contributed by atoms with Crippen LogP contribution in [0.3, 0.4) is 0 Å². The first-order valence-electron chi connectivity index (χ1n) is 5.95. The van der Waals surface area contributed by atoms with Crippen LogP contribution in [0, 0.1) is 0 Å². The molecule has 1 aliphatic rings. The molecule has 3 heteroatoms. The van der Waals surface area contributed by atoms with E-state index in [0.29, 0.717) is 11.8 Å². The zero-order valence-corrected chi connectivity index (χ0v) is 10.00. The van der Waals surface area contributed by atoms with E-state index in [4.69, 9.17) is 4.74 Å². The Balaban J connectivity index is 2.11. The highest BCUT2D eigenvalue weighted by Crippen LogP contribution is 2.19. The smallest absolute Gasteiger partial charge is 0.133 e. The van der Waals surface area contributed by atoms with Crippen molar-refractivity contribution in [2.75, 3.05) is 27.3 Å². The molecular formula is C12H23NO2. The molecule has 1 rings (SSSR count). The highest BCUT2D eigenvalue weighted by atomic mass is 16.5. The average molecular weight is 213 g/mol. The fourth-order valence-electron chi connectivity index (χ4n) is 2.16. The number of methoxy groups -OCH3 is 1. The van der Waals surface area contributed by atoms with Crippen LogP contribution in [0.5, 0.6) is 0 Å². The molecule has 0 aromatic heterocycles. The van der Waals surface area contributed by atoms with Crippen molar-refractivity contribution in [3.8, 4) is 0 Å². The van der Waals surface area contributed by atoms with Crippen molar-refractivity contribution < 1.29 is 9.53 Å². The minimum absolute atomic E-state index is 0.444. The summed E-state index contributed by atoms with van der Waals surface area (Å²) in [6.45, 7) is 1.99. The first-order valence-corrected chi connectivity index (χ1v) is 5.95. The van der Waals surface area contributed by atoms with Crippen molar-refractivity contribution in [2.24, 2.45) is 0 Å². The molecule has 0 bridgehead atoms. The third kappa shape index (κ3) is 4.76. The Labute approximate surface area is 92.8 Å². The summed E-state index contributed by atoms with van der Waals surface area (Å²) in [5.74, 6) is 0.444. The lowest BCUT2D eigenvalue weighted by molar-refractivity contribution is -0.121. The van der Waals surface area contributed by atoms with E-state index in [-0.39, 0.29) is 0 Å².